The van der Waals surface area contributed by atoms with Crippen LogP contribution in [0.3, 0.4) is 0 Å². The molecule has 0 aliphatic carbocycles. The zero-order valence-electron chi connectivity index (χ0n) is 9.20. The average molecular weight is 303 g/mol. The van der Waals surface area contributed by atoms with E-state index in [0.717, 1.165) is 0 Å². The van der Waals surface area contributed by atoms with E-state index in [0.29, 0.717) is 25.7 Å². The number of halogens is 2. The molecule has 0 aliphatic heterocycles. The molecular formula is C11H8Cl2N2O2S. The topological polar surface area (TPSA) is 62.2 Å². The molecule has 0 bridgehead atoms. The maximum absolute atomic E-state index is 10.9. The number of benzene rings is 1. The lowest BCUT2D eigenvalue weighted by molar-refractivity contribution is 0.0690. The second kappa shape index (κ2) is 5.14. The van der Waals surface area contributed by atoms with Crippen molar-refractivity contribution in [1.29, 1.82) is 0 Å². The number of hydrogen-bond donors (Lipinski definition) is 2. The molecule has 1 aromatic carbocycles. The number of carboxylic acid groups (broad SMARTS) is 1. The minimum absolute atomic E-state index is 0.0579. The second-order valence-corrected chi connectivity index (χ2v) is 5.50. The quantitative estimate of drug-likeness (QED) is 0.892. The lowest BCUT2D eigenvalue weighted by Gasteiger charge is -2.03. The number of nitrogens with zero attached hydrogens (tertiary/aromatic N) is 1. The van der Waals surface area contributed by atoms with E-state index in [2.05, 4.69) is 10.3 Å². The van der Waals surface area contributed by atoms with Crippen LogP contribution in [-0.2, 0) is 0 Å². The summed E-state index contributed by atoms with van der Waals surface area (Å²) >= 11 is 13.0. The van der Waals surface area contributed by atoms with E-state index in [1.807, 2.05) is 0 Å². The molecule has 0 fully saturated rings. The van der Waals surface area contributed by atoms with Gasteiger partial charge in [0.05, 0.1) is 10.0 Å². The monoisotopic (exact) mass is 302 g/mol. The summed E-state index contributed by atoms with van der Waals surface area (Å²) in [7, 11) is 0. The van der Waals surface area contributed by atoms with Gasteiger partial charge in [-0.25, -0.2) is 9.78 Å². The summed E-state index contributed by atoms with van der Waals surface area (Å²) in [6, 6.07) is 5.05. The average Bonchev–Trinajstić information content (AvgIpc) is 2.65. The molecular weight excluding hydrogens is 295 g/mol. The minimum atomic E-state index is -1.04. The molecule has 1 heterocycles. The van der Waals surface area contributed by atoms with E-state index in [4.69, 9.17) is 28.3 Å². The van der Waals surface area contributed by atoms with Crippen molar-refractivity contribution in [2.45, 2.75) is 6.92 Å². The van der Waals surface area contributed by atoms with Crippen molar-refractivity contribution in [3.8, 4) is 0 Å². The Kier molecular flexibility index (Phi) is 3.75. The van der Waals surface area contributed by atoms with Crippen molar-refractivity contribution in [3.63, 3.8) is 0 Å². The van der Waals surface area contributed by atoms with Gasteiger partial charge in [-0.15, -0.1) is 11.3 Å². The SMILES string of the molecule is Cc1sc(Nc2ccc(Cl)c(Cl)c2)nc1C(=O)O. The number of aromatic nitrogens is 1. The Hall–Kier alpha value is -1.30. The number of aryl methyl sites for hydroxylation is 1. The molecule has 0 saturated heterocycles. The summed E-state index contributed by atoms with van der Waals surface area (Å²) in [5, 5.41) is 13.3. The lowest BCUT2D eigenvalue weighted by Crippen LogP contribution is -1.99. The molecule has 0 saturated carbocycles. The molecule has 7 heteroatoms. The number of anilines is 2. The van der Waals surface area contributed by atoms with Crippen LogP contribution in [0.1, 0.15) is 15.4 Å². The Morgan fingerprint density at radius 1 is 1.39 bits per heavy atom. The molecule has 2 aromatic rings. The summed E-state index contributed by atoms with van der Waals surface area (Å²) < 4.78 is 0. The maximum Gasteiger partial charge on any atom is 0.355 e. The molecule has 2 N–H and O–H groups in total. The van der Waals surface area contributed by atoms with E-state index >= 15 is 0 Å². The van der Waals surface area contributed by atoms with Gasteiger partial charge < -0.3 is 10.4 Å². The van der Waals surface area contributed by atoms with E-state index in [1.54, 1.807) is 25.1 Å². The number of carbonyl (C=O) groups is 1. The normalized spacial score (nSPS) is 10.4. The fourth-order valence-electron chi connectivity index (χ4n) is 1.35. The van der Waals surface area contributed by atoms with Gasteiger partial charge in [-0.1, -0.05) is 23.2 Å². The third-order valence-corrected chi connectivity index (χ3v) is 3.80. The smallest absolute Gasteiger partial charge is 0.355 e. The number of rotatable bonds is 3. The van der Waals surface area contributed by atoms with Gasteiger partial charge in [0, 0.05) is 10.6 Å². The predicted molar refractivity (Wildman–Crippen MR) is 73.6 cm³/mol. The van der Waals surface area contributed by atoms with Gasteiger partial charge in [-0.3, -0.25) is 0 Å². The van der Waals surface area contributed by atoms with Crippen molar-refractivity contribution in [2.24, 2.45) is 0 Å². The van der Waals surface area contributed by atoms with Crippen LogP contribution in [0.5, 0.6) is 0 Å². The number of thiazole rings is 1. The van der Waals surface area contributed by atoms with E-state index in [9.17, 15) is 4.79 Å². The predicted octanol–water partition coefficient (Wildman–Crippen LogP) is 4.20. The first-order chi connectivity index (χ1) is 8.47. The number of carboxylic acids is 1. The fraction of sp³-hybridized carbons (Fsp3) is 0.0909. The number of hydrogen-bond acceptors (Lipinski definition) is 4. The van der Waals surface area contributed by atoms with Gasteiger partial charge in [-0.05, 0) is 25.1 Å². The van der Waals surface area contributed by atoms with Gasteiger partial charge in [0.15, 0.2) is 10.8 Å². The van der Waals surface area contributed by atoms with Crippen molar-refractivity contribution < 1.29 is 9.90 Å². The summed E-state index contributed by atoms with van der Waals surface area (Å²) in [5.74, 6) is -1.04. The Labute approximate surface area is 117 Å². The highest BCUT2D eigenvalue weighted by molar-refractivity contribution is 7.15. The molecule has 0 unspecified atom stereocenters. The number of nitrogens with one attached hydrogen (secondary N) is 1. The molecule has 0 spiro atoms. The first-order valence-electron chi connectivity index (χ1n) is 4.90. The van der Waals surface area contributed by atoms with Gasteiger partial charge in [0.25, 0.3) is 0 Å². The highest BCUT2D eigenvalue weighted by Crippen LogP contribution is 2.29. The molecule has 94 valence electrons. The molecule has 0 aliphatic rings. The van der Waals surface area contributed by atoms with Crippen molar-refractivity contribution >= 4 is 51.3 Å². The highest BCUT2D eigenvalue weighted by atomic mass is 35.5. The highest BCUT2D eigenvalue weighted by Gasteiger charge is 2.14. The summed E-state index contributed by atoms with van der Waals surface area (Å²) in [5.41, 5.74) is 0.762. The molecule has 4 nitrogen and oxygen atoms in total. The molecule has 18 heavy (non-hydrogen) atoms. The van der Waals surface area contributed by atoms with Crippen LogP contribution in [0.25, 0.3) is 0 Å². The summed E-state index contributed by atoms with van der Waals surface area (Å²) in [6.07, 6.45) is 0. The van der Waals surface area contributed by atoms with Crippen LogP contribution >= 0.6 is 34.5 Å². The second-order valence-electron chi connectivity index (χ2n) is 3.48. The van der Waals surface area contributed by atoms with Crippen molar-refractivity contribution in [2.75, 3.05) is 5.32 Å². The van der Waals surface area contributed by atoms with Crippen LogP contribution in [0.15, 0.2) is 18.2 Å². The van der Waals surface area contributed by atoms with Gasteiger partial charge in [0.1, 0.15) is 0 Å². The van der Waals surface area contributed by atoms with Crippen LogP contribution in [0.2, 0.25) is 10.0 Å². The van der Waals surface area contributed by atoms with Crippen molar-refractivity contribution in [1.82, 2.24) is 4.98 Å². The van der Waals surface area contributed by atoms with E-state index < -0.39 is 5.97 Å². The molecule has 0 amide bonds. The Morgan fingerprint density at radius 3 is 2.67 bits per heavy atom. The fourth-order valence-corrected chi connectivity index (χ4v) is 2.47. The van der Waals surface area contributed by atoms with E-state index in [-0.39, 0.29) is 5.69 Å². The molecule has 1 aromatic heterocycles. The van der Waals surface area contributed by atoms with Gasteiger partial charge in [-0.2, -0.15) is 0 Å². The van der Waals surface area contributed by atoms with Gasteiger partial charge >= 0.3 is 5.97 Å². The Morgan fingerprint density at radius 2 is 2.11 bits per heavy atom. The third kappa shape index (κ3) is 2.75. The standard InChI is InChI=1S/C11H8Cl2N2O2S/c1-5-9(10(16)17)15-11(18-5)14-6-2-3-7(12)8(13)4-6/h2-4H,1H3,(H,14,15)(H,16,17). The Bertz CT molecular complexity index is 613. The summed E-state index contributed by atoms with van der Waals surface area (Å²) in [6.45, 7) is 1.71. The van der Waals surface area contributed by atoms with Crippen molar-refractivity contribution in [3.05, 3.63) is 38.8 Å². The van der Waals surface area contributed by atoms with Gasteiger partial charge in [0.2, 0.25) is 0 Å². The zero-order valence-corrected chi connectivity index (χ0v) is 11.5. The minimum Gasteiger partial charge on any atom is -0.476 e. The van der Waals surface area contributed by atoms with Crippen LogP contribution < -0.4 is 5.32 Å². The van der Waals surface area contributed by atoms with Crippen LogP contribution in [0, 0.1) is 6.92 Å². The van der Waals surface area contributed by atoms with Crippen LogP contribution in [0.4, 0.5) is 10.8 Å². The van der Waals surface area contributed by atoms with E-state index in [1.165, 1.54) is 11.3 Å². The zero-order chi connectivity index (χ0) is 13.3. The Balaban J connectivity index is 2.26. The van der Waals surface area contributed by atoms with Crippen LogP contribution in [-0.4, -0.2) is 16.1 Å². The molecule has 2 rings (SSSR count). The molecule has 0 atom stereocenters. The first kappa shape index (κ1) is 13.1. The maximum atomic E-state index is 10.9. The number of aromatic carboxylic acids is 1. The lowest BCUT2D eigenvalue weighted by atomic mass is 10.3. The first-order valence-corrected chi connectivity index (χ1v) is 6.47. The summed E-state index contributed by atoms with van der Waals surface area (Å²) in [4.78, 5) is 15.5. The molecule has 0 radical (unpaired) electrons. The largest absolute Gasteiger partial charge is 0.476 e. The third-order valence-electron chi connectivity index (χ3n) is 2.17.